The van der Waals surface area contributed by atoms with Crippen LogP contribution in [0.3, 0.4) is 0 Å². The summed E-state index contributed by atoms with van der Waals surface area (Å²) in [5.41, 5.74) is -0.776. The molecule has 0 aliphatic carbocycles. The summed E-state index contributed by atoms with van der Waals surface area (Å²) in [6, 6.07) is 4.77. The lowest BCUT2D eigenvalue weighted by Crippen LogP contribution is -2.17. The van der Waals surface area contributed by atoms with Gasteiger partial charge in [0.05, 0.1) is 5.56 Å². The van der Waals surface area contributed by atoms with Gasteiger partial charge in [0.1, 0.15) is 5.50 Å². The van der Waals surface area contributed by atoms with E-state index in [1.165, 1.54) is 18.2 Å². The Bertz CT molecular complexity index is 316. The number of nitrogens with one attached hydrogen (secondary N) is 1. The molecule has 0 saturated carbocycles. The normalized spacial score (nSPS) is 14.1. The number of hydrogen-bond donors (Lipinski definition) is 2. The van der Waals surface area contributed by atoms with Crippen LogP contribution in [0.15, 0.2) is 24.3 Å². The molecule has 1 unspecified atom stereocenters. The highest BCUT2D eigenvalue weighted by molar-refractivity contribution is 6.20. The van der Waals surface area contributed by atoms with E-state index in [1.807, 2.05) is 0 Å². The summed E-state index contributed by atoms with van der Waals surface area (Å²) in [5.74, 6) is 0. The lowest BCUT2D eigenvalue weighted by atomic mass is 10.1. The molecule has 1 aromatic rings. The summed E-state index contributed by atoms with van der Waals surface area (Å²) in [6.45, 7) is 0. The van der Waals surface area contributed by atoms with Gasteiger partial charge in [-0.15, -0.1) is 0 Å². The summed E-state index contributed by atoms with van der Waals surface area (Å²) in [7, 11) is 0. The van der Waals surface area contributed by atoms with Crippen LogP contribution in [0.2, 0.25) is 0 Å². The van der Waals surface area contributed by atoms with Gasteiger partial charge >= 0.3 is 6.18 Å². The molecule has 0 heterocycles. The fraction of sp³-hybridized carbons (Fsp3) is 0.250. The Morgan fingerprint density at radius 1 is 1.29 bits per heavy atom. The standard InChI is InChI=1S/C8H7ClF3NO/c9-7(13-14)5-3-1-2-4-6(5)8(10,11)12/h1-4,7,13-14H. The van der Waals surface area contributed by atoms with Crippen molar-refractivity contribution in [3.8, 4) is 0 Å². The molecule has 6 heteroatoms. The first-order chi connectivity index (χ1) is 6.46. The molecule has 0 bridgehead atoms. The number of halogens is 4. The molecular weight excluding hydrogens is 219 g/mol. The van der Waals surface area contributed by atoms with Gasteiger partial charge in [0.2, 0.25) is 0 Å². The van der Waals surface area contributed by atoms with E-state index in [0.717, 1.165) is 6.07 Å². The zero-order chi connectivity index (χ0) is 10.8. The van der Waals surface area contributed by atoms with E-state index in [4.69, 9.17) is 16.8 Å². The average molecular weight is 226 g/mol. The molecule has 0 spiro atoms. The van der Waals surface area contributed by atoms with Crippen molar-refractivity contribution in [2.45, 2.75) is 11.7 Å². The molecule has 78 valence electrons. The second-order valence-corrected chi connectivity index (χ2v) is 3.01. The van der Waals surface area contributed by atoms with Crippen molar-refractivity contribution < 1.29 is 18.4 Å². The number of alkyl halides is 4. The Morgan fingerprint density at radius 2 is 1.86 bits per heavy atom. The lowest BCUT2D eigenvalue weighted by Gasteiger charge is -2.15. The highest BCUT2D eigenvalue weighted by Gasteiger charge is 2.34. The van der Waals surface area contributed by atoms with E-state index in [1.54, 1.807) is 5.48 Å². The van der Waals surface area contributed by atoms with E-state index in [9.17, 15) is 13.2 Å². The predicted octanol–water partition coefficient (Wildman–Crippen LogP) is 2.92. The molecule has 0 amide bonds. The second kappa shape index (κ2) is 4.16. The van der Waals surface area contributed by atoms with E-state index >= 15 is 0 Å². The van der Waals surface area contributed by atoms with E-state index in [2.05, 4.69) is 0 Å². The summed E-state index contributed by atoms with van der Waals surface area (Å²) >= 11 is 5.44. The molecule has 2 N–H and O–H groups in total. The van der Waals surface area contributed by atoms with E-state index in [-0.39, 0.29) is 5.56 Å². The Hall–Kier alpha value is -0.780. The second-order valence-electron chi connectivity index (χ2n) is 2.58. The third-order valence-corrected chi connectivity index (χ3v) is 1.99. The summed E-state index contributed by atoms with van der Waals surface area (Å²) < 4.78 is 37.1. The predicted molar refractivity (Wildman–Crippen MR) is 45.0 cm³/mol. The van der Waals surface area contributed by atoms with Crippen LogP contribution in [0, 0.1) is 0 Å². The van der Waals surface area contributed by atoms with Crippen molar-refractivity contribution in [3.63, 3.8) is 0 Å². The first kappa shape index (κ1) is 11.3. The molecule has 1 rings (SSSR count). The first-order valence-electron chi connectivity index (χ1n) is 3.66. The maximum absolute atomic E-state index is 12.4. The van der Waals surface area contributed by atoms with Crippen molar-refractivity contribution >= 4 is 11.6 Å². The van der Waals surface area contributed by atoms with Crippen molar-refractivity contribution in [3.05, 3.63) is 35.4 Å². The molecule has 1 aromatic carbocycles. The average Bonchev–Trinajstić information content (AvgIpc) is 2.15. The minimum Gasteiger partial charge on any atom is -0.315 e. The van der Waals surface area contributed by atoms with Gasteiger partial charge in [-0.05, 0) is 11.6 Å². The van der Waals surface area contributed by atoms with Crippen LogP contribution >= 0.6 is 11.6 Å². The molecule has 2 nitrogen and oxygen atoms in total. The first-order valence-corrected chi connectivity index (χ1v) is 4.10. The Morgan fingerprint density at radius 3 is 2.36 bits per heavy atom. The Balaban J connectivity index is 3.16. The van der Waals surface area contributed by atoms with Gasteiger partial charge in [-0.25, -0.2) is 0 Å². The van der Waals surface area contributed by atoms with Crippen LogP contribution in [0.25, 0.3) is 0 Å². The summed E-state index contributed by atoms with van der Waals surface area (Å²) in [5, 5.41) is 8.43. The van der Waals surface area contributed by atoms with Crippen molar-refractivity contribution in [2.75, 3.05) is 0 Å². The molecule has 0 fully saturated rings. The zero-order valence-electron chi connectivity index (χ0n) is 6.85. The molecule has 0 aliphatic rings. The van der Waals surface area contributed by atoms with Crippen LogP contribution in [-0.2, 0) is 6.18 Å². The highest BCUT2D eigenvalue weighted by atomic mass is 35.5. The third kappa shape index (κ3) is 2.37. The molecular formula is C8H7ClF3NO. The maximum atomic E-state index is 12.4. The molecule has 0 aromatic heterocycles. The minimum absolute atomic E-state index is 0.204. The number of benzene rings is 1. The molecule has 0 saturated heterocycles. The van der Waals surface area contributed by atoms with Crippen LogP contribution in [-0.4, -0.2) is 5.21 Å². The maximum Gasteiger partial charge on any atom is 0.416 e. The van der Waals surface area contributed by atoms with Gasteiger partial charge in [0.15, 0.2) is 0 Å². The molecule has 0 aliphatic heterocycles. The Kier molecular flexibility index (Phi) is 3.36. The largest absolute Gasteiger partial charge is 0.416 e. The van der Waals surface area contributed by atoms with Gasteiger partial charge in [-0.3, -0.25) is 0 Å². The third-order valence-electron chi connectivity index (χ3n) is 1.65. The smallest absolute Gasteiger partial charge is 0.315 e. The van der Waals surface area contributed by atoms with Gasteiger partial charge in [0, 0.05) is 0 Å². The fourth-order valence-corrected chi connectivity index (χ4v) is 1.24. The van der Waals surface area contributed by atoms with Gasteiger partial charge in [0.25, 0.3) is 0 Å². The lowest BCUT2D eigenvalue weighted by molar-refractivity contribution is -0.138. The van der Waals surface area contributed by atoms with Crippen LogP contribution in [0.5, 0.6) is 0 Å². The fourth-order valence-electron chi connectivity index (χ4n) is 1.05. The van der Waals surface area contributed by atoms with Crippen molar-refractivity contribution in [1.29, 1.82) is 0 Å². The number of hydroxylamine groups is 1. The van der Waals surface area contributed by atoms with Crippen LogP contribution in [0.1, 0.15) is 16.6 Å². The quantitative estimate of drug-likeness (QED) is 0.461. The van der Waals surface area contributed by atoms with Crippen molar-refractivity contribution in [2.24, 2.45) is 0 Å². The molecule has 1 atom stereocenters. The van der Waals surface area contributed by atoms with E-state index in [0.29, 0.717) is 0 Å². The van der Waals surface area contributed by atoms with Crippen LogP contribution in [0.4, 0.5) is 13.2 Å². The topological polar surface area (TPSA) is 32.3 Å². The molecule has 0 radical (unpaired) electrons. The van der Waals surface area contributed by atoms with Gasteiger partial charge in [-0.1, -0.05) is 29.8 Å². The Labute approximate surface area is 83.3 Å². The summed E-state index contributed by atoms with van der Waals surface area (Å²) in [4.78, 5) is 0. The SMILES string of the molecule is ONC(Cl)c1ccccc1C(F)(F)F. The number of hydrogen-bond acceptors (Lipinski definition) is 2. The van der Waals surface area contributed by atoms with Crippen molar-refractivity contribution in [1.82, 2.24) is 5.48 Å². The molecule has 14 heavy (non-hydrogen) atoms. The minimum atomic E-state index is -4.47. The summed E-state index contributed by atoms with van der Waals surface area (Å²) in [6.07, 6.45) is -4.47. The van der Waals surface area contributed by atoms with E-state index < -0.39 is 17.2 Å². The zero-order valence-corrected chi connectivity index (χ0v) is 7.60. The highest BCUT2D eigenvalue weighted by Crippen LogP contribution is 2.35. The number of rotatable bonds is 2. The van der Waals surface area contributed by atoms with Gasteiger partial charge in [-0.2, -0.15) is 18.7 Å². The van der Waals surface area contributed by atoms with Crippen LogP contribution < -0.4 is 5.48 Å². The van der Waals surface area contributed by atoms with Gasteiger partial charge < -0.3 is 5.21 Å². The monoisotopic (exact) mass is 225 g/mol.